The highest BCUT2D eigenvalue weighted by atomic mass is 16.6. The minimum absolute atomic E-state index is 0.167. The van der Waals surface area contributed by atoms with E-state index in [1.807, 2.05) is 33.3 Å². The fourth-order valence-electron chi connectivity index (χ4n) is 2.52. The van der Waals surface area contributed by atoms with Gasteiger partial charge in [-0.05, 0) is 46.5 Å². The van der Waals surface area contributed by atoms with E-state index in [1.165, 1.54) is 0 Å². The summed E-state index contributed by atoms with van der Waals surface area (Å²) in [5.41, 5.74) is 0.713. The highest BCUT2D eigenvalue weighted by molar-refractivity contribution is 5.72. The number of carbonyl (C=O) groups is 1. The Bertz CT molecular complexity index is 443. The molecule has 3 unspecified atom stereocenters. The molecule has 0 aliphatic carbocycles. The Labute approximate surface area is 151 Å². The second kappa shape index (κ2) is 14.0. The summed E-state index contributed by atoms with van der Waals surface area (Å²) in [7, 11) is 5.89. The van der Waals surface area contributed by atoms with Crippen molar-refractivity contribution in [3.63, 3.8) is 0 Å². The number of aryl methyl sites for hydroxylation is 1. The zero-order chi connectivity index (χ0) is 19.2. The van der Waals surface area contributed by atoms with Crippen LogP contribution in [-0.2, 0) is 11.8 Å². The highest BCUT2D eigenvalue weighted by Crippen LogP contribution is 2.21. The van der Waals surface area contributed by atoms with Crippen molar-refractivity contribution >= 4 is 6.29 Å². The molecule has 0 amide bonds. The summed E-state index contributed by atoms with van der Waals surface area (Å²) < 4.78 is 7.06. The molecule has 25 heavy (non-hydrogen) atoms. The fourth-order valence-corrected chi connectivity index (χ4v) is 2.52. The number of nitrogens with one attached hydrogen (secondary N) is 1. The van der Waals surface area contributed by atoms with Gasteiger partial charge in [0.1, 0.15) is 0 Å². The van der Waals surface area contributed by atoms with Crippen molar-refractivity contribution in [1.82, 2.24) is 14.8 Å². The lowest BCUT2D eigenvalue weighted by molar-refractivity contribution is -0.173. The van der Waals surface area contributed by atoms with Crippen LogP contribution in [0, 0.1) is 0 Å². The van der Waals surface area contributed by atoms with Crippen LogP contribution in [0.5, 0.6) is 0 Å². The van der Waals surface area contributed by atoms with Gasteiger partial charge < -0.3 is 29.7 Å². The van der Waals surface area contributed by atoms with Crippen LogP contribution in [0.4, 0.5) is 0 Å². The van der Waals surface area contributed by atoms with Crippen LogP contribution in [0.3, 0.4) is 0 Å². The average Bonchev–Trinajstić information content (AvgIpc) is 2.98. The zero-order valence-electron chi connectivity index (χ0n) is 16.2. The number of aliphatic hydroxyl groups is 2. The summed E-state index contributed by atoms with van der Waals surface area (Å²) >= 11 is 0. The largest absolute Gasteiger partial charge is 0.397 e. The lowest BCUT2D eigenvalue weighted by Crippen LogP contribution is -2.44. The molecule has 1 fully saturated rings. The van der Waals surface area contributed by atoms with Gasteiger partial charge >= 0.3 is 0 Å². The minimum atomic E-state index is -0.583. The van der Waals surface area contributed by atoms with E-state index in [1.54, 1.807) is 17.6 Å². The van der Waals surface area contributed by atoms with Crippen LogP contribution in [0.1, 0.15) is 37.2 Å². The van der Waals surface area contributed by atoms with Gasteiger partial charge in [0.05, 0.1) is 11.8 Å². The maximum Gasteiger partial charge on any atom is 0.166 e. The summed E-state index contributed by atoms with van der Waals surface area (Å²) in [5.74, 6) is 0. The van der Waals surface area contributed by atoms with E-state index in [2.05, 4.69) is 17.3 Å². The zero-order valence-corrected chi connectivity index (χ0v) is 16.2. The van der Waals surface area contributed by atoms with Crippen molar-refractivity contribution in [2.45, 2.75) is 45.1 Å². The van der Waals surface area contributed by atoms with Crippen molar-refractivity contribution in [1.29, 1.82) is 0 Å². The molecule has 7 nitrogen and oxygen atoms in total. The quantitative estimate of drug-likeness (QED) is 0.678. The van der Waals surface area contributed by atoms with Gasteiger partial charge in [0.2, 0.25) is 0 Å². The van der Waals surface area contributed by atoms with E-state index < -0.39 is 6.29 Å². The summed E-state index contributed by atoms with van der Waals surface area (Å²) in [6, 6.07) is 4.05. The van der Waals surface area contributed by atoms with Crippen molar-refractivity contribution < 1.29 is 19.7 Å². The van der Waals surface area contributed by atoms with E-state index >= 15 is 0 Å². The van der Waals surface area contributed by atoms with Gasteiger partial charge in [-0.15, -0.1) is 0 Å². The molecule has 0 bridgehead atoms. The Hall–Kier alpha value is -1.25. The summed E-state index contributed by atoms with van der Waals surface area (Å²) in [5, 5.41) is 20.2. The van der Waals surface area contributed by atoms with Crippen LogP contribution in [0.25, 0.3) is 0 Å². The van der Waals surface area contributed by atoms with Gasteiger partial charge in [-0.3, -0.25) is 4.79 Å². The van der Waals surface area contributed by atoms with Gasteiger partial charge in [0, 0.05) is 45.4 Å². The van der Waals surface area contributed by atoms with Gasteiger partial charge in [0.25, 0.3) is 0 Å². The van der Waals surface area contributed by atoms with Gasteiger partial charge in [-0.1, -0.05) is 0 Å². The first-order chi connectivity index (χ1) is 11.9. The molecule has 1 saturated heterocycles. The van der Waals surface area contributed by atoms with Crippen molar-refractivity contribution in [3.05, 3.63) is 24.0 Å². The normalized spacial score (nSPS) is 22.5. The number of aliphatic hydroxyl groups excluding tert-OH is 2. The van der Waals surface area contributed by atoms with E-state index in [4.69, 9.17) is 9.84 Å². The predicted molar refractivity (Wildman–Crippen MR) is 99.7 cm³/mol. The van der Waals surface area contributed by atoms with Gasteiger partial charge in [-0.2, -0.15) is 0 Å². The second-order valence-electron chi connectivity index (χ2n) is 6.09. The number of nitrogens with zero attached hydrogens (tertiary/aromatic N) is 2. The average molecular weight is 357 g/mol. The molecule has 1 aromatic heterocycles. The van der Waals surface area contributed by atoms with Crippen molar-refractivity contribution in [2.24, 2.45) is 7.05 Å². The molecule has 1 aromatic rings. The molecule has 2 rings (SSSR count). The lowest BCUT2D eigenvalue weighted by Gasteiger charge is -2.36. The van der Waals surface area contributed by atoms with Crippen LogP contribution >= 0.6 is 0 Å². The Morgan fingerprint density at radius 3 is 2.52 bits per heavy atom. The molecular weight excluding hydrogens is 322 g/mol. The molecule has 3 N–H and O–H groups in total. The number of likely N-dealkylation sites (N-methyl/N-ethyl adjacent to an activating group) is 2. The van der Waals surface area contributed by atoms with Crippen LogP contribution < -0.4 is 5.32 Å². The molecule has 0 aromatic carbocycles. The van der Waals surface area contributed by atoms with Crippen molar-refractivity contribution in [3.8, 4) is 0 Å². The number of aldehydes is 1. The van der Waals surface area contributed by atoms with Gasteiger partial charge in [0.15, 0.2) is 12.6 Å². The first kappa shape index (κ1) is 23.8. The van der Waals surface area contributed by atoms with Crippen LogP contribution in [-0.4, -0.2) is 78.2 Å². The Balaban J connectivity index is 0.000000440. The summed E-state index contributed by atoms with van der Waals surface area (Å²) in [6.45, 7) is 5.94. The maximum atomic E-state index is 10.1. The van der Waals surface area contributed by atoms with E-state index in [0.717, 1.165) is 32.2 Å². The summed E-state index contributed by atoms with van der Waals surface area (Å²) in [6.07, 6.45) is 3.99. The third-order valence-electron chi connectivity index (χ3n) is 3.91. The number of rotatable bonds is 5. The summed E-state index contributed by atoms with van der Waals surface area (Å²) in [4.78, 5) is 12.4. The predicted octanol–water partition coefficient (Wildman–Crippen LogP) is 0.860. The number of hydrogen-bond donors (Lipinski definition) is 3. The number of ether oxygens (including phenoxy) is 1. The van der Waals surface area contributed by atoms with Crippen LogP contribution in [0.2, 0.25) is 0 Å². The molecule has 0 spiro atoms. The SMILES string of the molecule is CCO.CNCCN(C)C1CC(C)OC(O)C1.Cn1cccc1C=O. The van der Waals surface area contributed by atoms with Gasteiger partial charge in [-0.25, -0.2) is 0 Å². The number of carbonyl (C=O) groups excluding carboxylic acids is 1. The van der Waals surface area contributed by atoms with E-state index in [-0.39, 0.29) is 12.7 Å². The van der Waals surface area contributed by atoms with Crippen molar-refractivity contribution in [2.75, 3.05) is 33.8 Å². The third-order valence-corrected chi connectivity index (χ3v) is 3.91. The maximum absolute atomic E-state index is 10.1. The van der Waals surface area contributed by atoms with Crippen LogP contribution in [0.15, 0.2) is 18.3 Å². The minimum Gasteiger partial charge on any atom is -0.397 e. The monoisotopic (exact) mass is 357 g/mol. The molecule has 2 heterocycles. The molecule has 0 saturated carbocycles. The Morgan fingerprint density at radius 1 is 1.48 bits per heavy atom. The highest BCUT2D eigenvalue weighted by Gasteiger charge is 2.27. The molecule has 1 aliphatic heterocycles. The molecule has 3 atom stereocenters. The molecular formula is C18H35N3O4. The first-order valence-corrected chi connectivity index (χ1v) is 8.75. The molecule has 146 valence electrons. The number of hydrogen-bond acceptors (Lipinski definition) is 6. The topological polar surface area (TPSA) is 87.0 Å². The fraction of sp³-hybridized carbons (Fsp3) is 0.722. The molecule has 1 aliphatic rings. The smallest absolute Gasteiger partial charge is 0.166 e. The Kier molecular flexibility index (Phi) is 13.3. The first-order valence-electron chi connectivity index (χ1n) is 8.75. The Morgan fingerprint density at radius 2 is 2.12 bits per heavy atom. The lowest BCUT2D eigenvalue weighted by atomic mass is 10.0. The molecule has 0 radical (unpaired) electrons. The van der Waals surface area contributed by atoms with E-state index in [0.29, 0.717) is 11.7 Å². The molecule has 7 heteroatoms. The number of aromatic nitrogens is 1. The second-order valence-corrected chi connectivity index (χ2v) is 6.09. The van der Waals surface area contributed by atoms with E-state index in [9.17, 15) is 9.90 Å². The third kappa shape index (κ3) is 10.4. The standard InChI is InChI=1S/C10H22N2O2.C6H7NO.C2H6O/c1-8-6-9(7-10(13)14-8)12(3)5-4-11-2;1-7-4-2-3-6(7)5-8;1-2-3/h8-11,13H,4-7H2,1-3H3;2-5H,1H3;3H,2H2,1H3.